The van der Waals surface area contributed by atoms with E-state index in [9.17, 15) is 22.8 Å². The van der Waals surface area contributed by atoms with Gasteiger partial charge in [-0.3, -0.25) is 9.59 Å². The van der Waals surface area contributed by atoms with Crippen molar-refractivity contribution in [3.8, 4) is 11.4 Å². The van der Waals surface area contributed by atoms with Crippen molar-refractivity contribution in [1.29, 1.82) is 0 Å². The molecule has 2 aromatic heterocycles. The summed E-state index contributed by atoms with van der Waals surface area (Å²) in [5, 5.41) is 0.533. The molecule has 194 valence electrons. The molecule has 37 heavy (non-hydrogen) atoms. The average Bonchev–Trinajstić information content (AvgIpc) is 2.90. The van der Waals surface area contributed by atoms with E-state index < -0.39 is 23.3 Å². The first-order chi connectivity index (χ1) is 17.6. The first-order valence-electron chi connectivity index (χ1n) is 11.8. The van der Waals surface area contributed by atoms with E-state index in [0.29, 0.717) is 11.2 Å². The second-order valence-electron chi connectivity index (χ2n) is 8.44. The van der Waals surface area contributed by atoms with Gasteiger partial charge in [-0.25, -0.2) is 9.97 Å². The molecule has 4 aromatic rings. The molecule has 2 aromatic carbocycles. The second kappa shape index (κ2) is 12.7. The Bertz CT molecular complexity index is 1370. The number of nitrogen functional groups attached to an aromatic ring is 1. The number of alkyl halides is 3. The van der Waals surface area contributed by atoms with E-state index in [1.54, 1.807) is 30.3 Å². The first-order valence-corrected chi connectivity index (χ1v) is 11.8. The summed E-state index contributed by atoms with van der Waals surface area (Å²) >= 11 is 0. The van der Waals surface area contributed by atoms with Crippen molar-refractivity contribution < 1.29 is 18.0 Å². The molecular weight excluding hydrogens is 483 g/mol. The number of benzene rings is 2. The summed E-state index contributed by atoms with van der Waals surface area (Å²) in [6.07, 6.45) is 4.54. The van der Waals surface area contributed by atoms with Crippen molar-refractivity contribution in [3.05, 3.63) is 88.5 Å². The standard InChI is InChI=1S/C11H9N3O2.C10H7F3N2.C6H12/c12-10(16)8-6-9(15)14-11(13-8)7-4-2-1-3-5-7;11-10(12,13)9-5-7(14)6-3-1-2-4-8(6)15-9;1-2-4-6-5-3-1/h1-6H,(H2,12,16)(H,13,14,15);1-5H,(H2,14,15);1-6H2. The zero-order valence-corrected chi connectivity index (χ0v) is 20.1. The van der Waals surface area contributed by atoms with Crippen molar-refractivity contribution >= 4 is 22.5 Å². The molecule has 5 rings (SSSR count). The van der Waals surface area contributed by atoms with E-state index in [0.717, 1.165) is 17.7 Å². The predicted octanol–water partition coefficient (Wildman–Crippen LogP) is 5.71. The highest BCUT2D eigenvalue weighted by Crippen LogP contribution is 2.31. The van der Waals surface area contributed by atoms with Crippen LogP contribution in [0, 0.1) is 0 Å². The molecule has 0 atom stereocenters. The lowest BCUT2D eigenvalue weighted by atomic mass is 10.0. The molecule has 1 saturated carbocycles. The average molecular weight is 512 g/mol. The van der Waals surface area contributed by atoms with E-state index in [1.165, 1.54) is 44.6 Å². The minimum Gasteiger partial charge on any atom is -0.398 e. The molecule has 5 N–H and O–H groups in total. The zero-order chi connectivity index (χ0) is 26.8. The number of rotatable bonds is 2. The summed E-state index contributed by atoms with van der Waals surface area (Å²) in [6, 6.07) is 17.4. The van der Waals surface area contributed by atoms with Crippen LogP contribution in [0.3, 0.4) is 0 Å². The molecule has 0 unspecified atom stereocenters. The largest absolute Gasteiger partial charge is 0.433 e. The number of pyridine rings is 1. The zero-order valence-electron chi connectivity index (χ0n) is 20.1. The highest BCUT2D eigenvalue weighted by atomic mass is 19.4. The molecule has 2 heterocycles. The molecular formula is C27H28F3N5O2. The van der Waals surface area contributed by atoms with Crippen LogP contribution in [0.2, 0.25) is 0 Å². The van der Waals surface area contributed by atoms with Gasteiger partial charge in [0.05, 0.1) is 5.52 Å². The molecule has 0 saturated heterocycles. The molecule has 10 heteroatoms. The van der Waals surface area contributed by atoms with Crippen molar-refractivity contribution in [1.82, 2.24) is 15.0 Å². The lowest BCUT2D eigenvalue weighted by Crippen LogP contribution is -2.19. The van der Waals surface area contributed by atoms with Gasteiger partial charge < -0.3 is 16.5 Å². The van der Waals surface area contributed by atoms with Gasteiger partial charge in [0.15, 0.2) is 0 Å². The van der Waals surface area contributed by atoms with Crippen molar-refractivity contribution in [2.24, 2.45) is 5.73 Å². The summed E-state index contributed by atoms with van der Waals surface area (Å²) in [5.41, 5.74) is 10.3. The molecule has 0 spiro atoms. The van der Waals surface area contributed by atoms with Crippen LogP contribution in [-0.4, -0.2) is 20.9 Å². The summed E-state index contributed by atoms with van der Waals surface area (Å²) in [7, 11) is 0. The van der Waals surface area contributed by atoms with E-state index in [2.05, 4.69) is 15.0 Å². The number of anilines is 1. The predicted molar refractivity (Wildman–Crippen MR) is 138 cm³/mol. The Morgan fingerprint density at radius 3 is 1.97 bits per heavy atom. The number of carbonyl (C=O) groups is 1. The number of nitrogens with zero attached hydrogens (tertiary/aromatic N) is 2. The Morgan fingerprint density at radius 2 is 1.41 bits per heavy atom. The number of para-hydroxylation sites is 1. The quantitative estimate of drug-likeness (QED) is 0.317. The Labute approximate surface area is 211 Å². The maximum absolute atomic E-state index is 12.4. The van der Waals surface area contributed by atoms with Crippen LogP contribution in [0.5, 0.6) is 0 Å². The van der Waals surface area contributed by atoms with Gasteiger partial charge in [-0.2, -0.15) is 13.2 Å². The molecule has 0 radical (unpaired) electrons. The monoisotopic (exact) mass is 511 g/mol. The Morgan fingerprint density at radius 1 is 0.838 bits per heavy atom. The van der Waals surface area contributed by atoms with Gasteiger partial charge >= 0.3 is 6.18 Å². The Kier molecular flexibility index (Phi) is 9.37. The number of hydrogen-bond acceptors (Lipinski definition) is 5. The van der Waals surface area contributed by atoms with Crippen LogP contribution in [-0.2, 0) is 6.18 Å². The fourth-order valence-electron chi connectivity index (χ4n) is 3.72. The minimum atomic E-state index is -4.46. The topological polar surface area (TPSA) is 128 Å². The SMILES string of the molecule is C1CCCCC1.NC(=O)c1cc(=O)[nH]c(-c2ccccc2)n1.Nc1cc(C(F)(F)F)nc2ccccc12. The maximum Gasteiger partial charge on any atom is 0.433 e. The Hall–Kier alpha value is -4.21. The van der Waals surface area contributed by atoms with Crippen LogP contribution in [0.1, 0.15) is 54.7 Å². The van der Waals surface area contributed by atoms with E-state index in [1.807, 2.05) is 18.2 Å². The lowest BCUT2D eigenvalue weighted by Gasteiger charge is -2.08. The molecule has 7 nitrogen and oxygen atoms in total. The van der Waals surface area contributed by atoms with Gasteiger partial charge in [0, 0.05) is 22.7 Å². The molecule has 1 amide bonds. The second-order valence-corrected chi connectivity index (χ2v) is 8.44. The number of amides is 1. The molecule has 1 aliphatic carbocycles. The number of nitrogens with two attached hydrogens (primary N) is 2. The number of nitrogens with one attached hydrogen (secondary N) is 1. The smallest absolute Gasteiger partial charge is 0.398 e. The summed E-state index contributed by atoms with van der Waals surface area (Å²) < 4.78 is 37.1. The highest BCUT2D eigenvalue weighted by molar-refractivity contribution is 5.91. The van der Waals surface area contributed by atoms with E-state index >= 15 is 0 Å². The summed E-state index contributed by atoms with van der Waals surface area (Å²) in [5.74, 6) is -0.384. The molecule has 1 fully saturated rings. The van der Waals surface area contributed by atoms with E-state index in [-0.39, 0.29) is 16.9 Å². The van der Waals surface area contributed by atoms with Crippen molar-refractivity contribution in [2.45, 2.75) is 44.7 Å². The van der Waals surface area contributed by atoms with Crippen LogP contribution in [0.4, 0.5) is 18.9 Å². The third-order valence-corrected chi connectivity index (χ3v) is 5.58. The maximum atomic E-state index is 12.4. The summed E-state index contributed by atoms with van der Waals surface area (Å²) in [6.45, 7) is 0. The molecule has 0 aliphatic heterocycles. The third-order valence-electron chi connectivity index (χ3n) is 5.58. The van der Waals surface area contributed by atoms with Crippen LogP contribution >= 0.6 is 0 Å². The lowest BCUT2D eigenvalue weighted by molar-refractivity contribution is -0.140. The van der Waals surface area contributed by atoms with Crippen LogP contribution in [0.15, 0.2) is 71.5 Å². The number of aromatic nitrogens is 3. The number of fused-ring (bicyclic) bond motifs is 1. The number of carbonyl (C=O) groups excluding carboxylic acids is 1. The van der Waals surface area contributed by atoms with Crippen LogP contribution < -0.4 is 17.0 Å². The third kappa shape index (κ3) is 8.16. The number of primary amides is 1. The first kappa shape index (κ1) is 27.4. The fraction of sp³-hybridized carbons (Fsp3) is 0.259. The normalized spacial score (nSPS) is 13.1. The molecule has 1 aliphatic rings. The number of halogens is 3. The van der Waals surface area contributed by atoms with Gasteiger partial charge in [-0.05, 0) is 12.1 Å². The van der Waals surface area contributed by atoms with Crippen molar-refractivity contribution in [3.63, 3.8) is 0 Å². The summed E-state index contributed by atoms with van der Waals surface area (Å²) in [4.78, 5) is 32.2. The van der Waals surface area contributed by atoms with Gasteiger partial charge in [-0.1, -0.05) is 87.1 Å². The van der Waals surface area contributed by atoms with Crippen LogP contribution in [0.25, 0.3) is 22.3 Å². The number of aromatic amines is 1. The van der Waals surface area contributed by atoms with E-state index in [4.69, 9.17) is 11.5 Å². The van der Waals surface area contributed by atoms with Gasteiger partial charge in [0.25, 0.3) is 11.5 Å². The molecule has 0 bridgehead atoms. The highest BCUT2D eigenvalue weighted by Gasteiger charge is 2.33. The van der Waals surface area contributed by atoms with Gasteiger partial charge in [-0.15, -0.1) is 0 Å². The minimum absolute atomic E-state index is 0.0393. The van der Waals surface area contributed by atoms with Gasteiger partial charge in [0.2, 0.25) is 0 Å². The van der Waals surface area contributed by atoms with Crippen molar-refractivity contribution in [2.75, 3.05) is 5.73 Å². The number of H-pyrrole nitrogens is 1. The van der Waals surface area contributed by atoms with Gasteiger partial charge in [0.1, 0.15) is 17.2 Å². The number of hydrogen-bond donors (Lipinski definition) is 3. The Balaban J connectivity index is 0.000000169. The fourth-order valence-corrected chi connectivity index (χ4v) is 3.72.